The zero-order valence-corrected chi connectivity index (χ0v) is 18.3. The minimum atomic E-state index is -0.433. The number of amides is 1. The van der Waals surface area contributed by atoms with E-state index in [1.807, 2.05) is 18.5 Å². The molecule has 7 nitrogen and oxygen atoms in total. The lowest BCUT2D eigenvalue weighted by Gasteiger charge is -2.27. The average Bonchev–Trinajstić information content (AvgIpc) is 3.13. The molecular formula is C23H24N4O3S. The van der Waals surface area contributed by atoms with Crippen LogP contribution in [0.25, 0.3) is 0 Å². The Morgan fingerprint density at radius 2 is 2.00 bits per heavy atom. The summed E-state index contributed by atoms with van der Waals surface area (Å²) in [6.07, 6.45) is 4.92. The molecule has 1 aliphatic carbocycles. The van der Waals surface area contributed by atoms with Gasteiger partial charge in [-0.05, 0) is 56.4 Å². The van der Waals surface area contributed by atoms with Crippen molar-refractivity contribution in [3.05, 3.63) is 81.5 Å². The second-order valence-corrected chi connectivity index (χ2v) is 9.14. The molecule has 1 aromatic heterocycles. The number of hydrogen-bond acceptors (Lipinski definition) is 5. The number of aryl methyl sites for hydroxylation is 2. The summed E-state index contributed by atoms with van der Waals surface area (Å²) >= 11 is 1.37. The molecule has 0 fully saturated rings. The SMILES string of the molecule is Cc1cnn([C@@H]2CCCc3ccccc32)c1NC(=O)[C@H](C)Sc1ccc([N+](=O)[O-])cc1. The van der Waals surface area contributed by atoms with Gasteiger partial charge in [-0.3, -0.25) is 14.9 Å². The number of nitro groups is 1. The van der Waals surface area contributed by atoms with Gasteiger partial charge >= 0.3 is 0 Å². The Labute approximate surface area is 185 Å². The monoisotopic (exact) mass is 436 g/mol. The van der Waals surface area contributed by atoms with Gasteiger partial charge in [0.2, 0.25) is 5.91 Å². The molecular weight excluding hydrogens is 412 g/mol. The van der Waals surface area contributed by atoms with E-state index in [9.17, 15) is 14.9 Å². The highest BCUT2D eigenvalue weighted by atomic mass is 32.2. The summed E-state index contributed by atoms with van der Waals surface area (Å²) < 4.78 is 1.94. The van der Waals surface area contributed by atoms with Crippen molar-refractivity contribution >= 4 is 29.2 Å². The molecule has 31 heavy (non-hydrogen) atoms. The lowest BCUT2D eigenvalue weighted by Crippen LogP contribution is -2.27. The molecule has 0 spiro atoms. The number of fused-ring (bicyclic) bond motifs is 1. The van der Waals surface area contributed by atoms with Crippen molar-refractivity contribution in [1.82, 2.24) is 9.78 Å². The number of thioether (sulfide) groups is 1. The van der Waals surface area contributed by atoms with Gasteiger partial charge in [0, 0.05) is 22.6 Å². The number of hydrogen-bond donors (Lipinski definition) is 1. The Morgan fingerprint density at radius 1 is 1.26 bits per heavy atom. The van der Waals surface area contributed by atoms with Gasteiger partial charge in [-0.15, -0.1) is 11.8 Å². The van der Waals surface area contributed by atoms with E-state index in [0.29, 0.717) is 0 Å². The summed E-state index contributed by atoms with van der Waals surface area (Å²) in [5, 5.41) is 18.1. The van der Waals surface area contributed by atoms with Crippen LogP contribution in [0.15, 0.2) is 59.6 Å². The number of benzene rings is 2. The van der Waals surface area contributed by atoms with Gasteiger partial charge in [-0.2, -0.15) is 5.10 Å². The maximum atomic E-state index is 12.9. The predicted molar refractivity (Wildman–Crippen MR) is 122 cm³/mol. The maximum Gasteiger partial charge on any atom is 0.269 e. The quantitative estimate of drug-likeness (QED) is 0.328. The number of nitro benzene ring substituents is 1. The molecule has 1 aliphatic rings. The van der Waals surface area contributed by atoms with Crippen LogP contribution in [0.5, 0.6) is 0 Å². The highest BCUT2D eigenvalue weighted by Gasteiger charge is 2.26. The first kappa shape index (κ1) is 21.1. The van der Waals surface area contributed by atoms with E-state index in [2.05, 4.69) is 34.7 Å². The molecule has 0 saturated carbocycles. The van der Waals surface area contributed by atoms with Gasteiger partial charge in [0.1, 0.15) is 5.82 Å². The molecule has 0 bridgehead atoms. The smallest absolute Gasteiger partial charge is 0.269 e. The zero-order valence-electron chi connectivity index (χ0n) is 17.4. The van der Waals surface area contributed by atoms with Crippen LogP contribution in [-0.2, 0) is 11.2 Å². The summed E-state index contributed by atoms with van der Waals surface area (Å²) in [6.45, 7) is 3.77. The molecule has 0 aliphatic heterocycles. The van der Waals surface area contributed by atoms with Crippen LogP contribution in [0.2, 0.25) is 0 Å². The van der Waals surface area contributed by atoms with Crippen LogP contribution in [-0.4, -0.2) is 25.9 Å². The van der Waals surface area contributed by atoms with E-state index in [1.165, 1.54) is 35.0 Å². The fourth-order valence-electron chi connectivity index (χ4n) is 3.95. The van der Waals surface area contributed by atoms with Crippen molar-refractivity contribution in [3.8, 4) is 0 Å². The summed E-state index contributed by atoms with van der Waals surface area (Å²) in [6, 6.07) is 14.8. The topological polar surface area (TPSA) is 90.1 Å². The van der Waals surface area contributed by atoms with Crippen LogP contribution >= 0.6 is 11.8 Å². The van der Waals surface area contributed by atoms with E-state index >= 15 is 0 Å². The van der Waals surface area contributed by atoms with Gasteiger partial charge in [0.15, 0.2) is 0 Å². The third-order valence-electron chi connectivity index (χ3n) is 5.58. The number of aromatic nitrogens is 2. The third-order valence-corrected chi connectivity index (χ3v) is 6.69. The molecule has 1 amide bonds. The van der Waals surface area contributed by atoms with Crippen molar-refractivity contribution in [3.63, 3.8) is 0 Å². The minimum Gasteiger partial charge on any atom is -0.310 e. The Balaban J connectivity index is 1.50. The van der Waals surface area contributed by atoms with Crippen molar-refractivity contribution < 1.29 is 9.72 Å². The van der Waals surface area contributed by atoms with Crippen LogP contribution in [0, 0.1) is 17.0 Å². The summed E-state index contributed by atoms with van der Waals surface area (Å²) in [7, 11) is 0. The lowest BCUT2D eigenvalue weighted by molar-refractivity contribution is -0.384. The largest absolute Gasteiger partial charge is 0.310 e. The number of non-ortho nitro benzene ring substituents is 1. The van der Waals surface area contributed by atoms with E-state index in [4.69, 9.17) is 0 Å². The van der Waals surface area contributed by atoms with Crippen molar-refractivity contribution in [1.29, 1.82) is 0 Å². The Kier molecular flexibility index (Phi) is 6.08. The Hall–Kier alpha value is -3.13. The number of carbonyl (C=O) groups excluding carboxylic acids is 1. The first-order valence-corrected chi connectivity index (χ1v) is 11.2. The van der Waals surface area contributed by atoms with Gasteiger partial charge < -0.3 is 5.32 Å². The number of rotatable bonds is 6. The normalized spacial score (nSPS) is 16.4. The predicted octanol–water partition coefficient (Wildman–Crippen LogP) is 5.14. The molecule has 2 aromatic carbocycles. The lowest BCUT2D eigenvalue weighted by atomic mass is 9.88. The highest BCUT2D eigenvalue weighted by Crippen LogP contribution is 2.35. The molecule has 2 atom stereocenters. The summed E-state index contributed by atoms with van der Waals surface area (Å²) in [4.78, 5) is 24.1. The molecule has 8 heteroatoms. The number of anilines is 1. The maximum absolute atomic E-state index is 12.9. The van der Waals surface area contributed by atoms with Crippen LogP contribution in [0.4, 0.5) is 11.5 Å². The molecule has 3 aromatic rings. The minimum absolute atomic E-state index is 0.0359. The molecule has 0 saturated heterocycles. The van der Waals surface area contributed by atoms with Crippen molar-refractivity contribution in [2.24, 2.45) is 0 Å². The average molecular weight is 437 g/mol. The fraction of sp³-hybridized carbons (Fsp3) is 0.304. The van der Waals surface area contributed by atoms with Crippen LogP contribution in [0.1, 0.15) is 42.5 Å². The number of nitrogens with one attached hydrogen (secondary N) is 1. The zero-order chi connectivity index (χ0) is 22.0. The Morgan fingerprint density at radius 3 is 2.74 bits per heavy atom. The van der Waals surface area contributed by atoms with E-state index in [1.54, 1.807) is 18.3 Å². The fourth-order valence-corrected chi connectivity index (χ4v) is 4.81. The third kappa shape index (κ3) is 4.49. The van der Waals surface area contributed by atoms with E-state index in [-0.39, 0.29) is 22.9 Å². The van der Waals surface area contributed by atoms with E-state index in [0.717, 1.165) is 35.5 Å². The molecule has 4 rings (SSSR count). The van der Waals surface area contributed by atoms with Crippen LogP contribution in [0.3, 0.4) is 0 Å². The summed E-state index contributed by atoms with van der Waals surface area (Å²) in [5.74, 6) is 0.597. The first-order chi connectivity index (χ1) is 14.9. The van der Waals surface area contributed by atoms with Crippen molar-refractivity contribution in [2.45, 2.75) is 49.3 Å². The highest BCUT2D eigenvalue weighted by molar-refractivity contribution is 8.00. The molecule has 1 heterocycles. The van der Waals surface area contributed by atoms with Gasteiger partial charge in [-0.1, -0.05) is 24.3 Å². The second kappa shape index (κ2) is 8.93. The number of nitrogens with zero attached hydrogens (tertiary/aromatic N) is 3. The van der Waals surface area contributed by atoms with Gasteiger partial charge in [0.25, 0.3) is 5.69 Å². The molecule has 160 valence electrons. The second-order valence-electron chi connectivity index (χ2n) is 7.73. The van der Waals surface area contributed by atoms with Crippen LogP contribution < -0.4 is 5.32 Å². The first-order valence-electron chi connectivity index (χ1n) is 10.3. The standard InChI is InChI=1S/C23H24N4O3S/c1-15-14-24-26(21-9-5-7-17-6-3-4-8-20(17)21)22(15)25-23(28)16(2)31-19-12-10-18(11-13-19)27(29)30/h3-4,6,8,10-14,16,21H,5,7,9H2,1-2H3,(H,25,28)/t16-,21+/m0/s1. The molecule has 1 N–H and O–H groups in total. The molecule has 0 radical (unpaired) electrons. The summed E-state index contributed by atoms with van der Waals surface area (Å²) in [5.41, 5.74) is 3.56. The molecule has 0 unspecified atom stereocenters. The van der Waals surface area contributed by atoms with Gasteiger partial charge in [-0.25, -0.2) is 4.68 Å². The van der Waals surface area contributed by atoms with Crippen molar-refractivity contribution in [2.75, 3.05) is 5.32 Å². The van der Waals surface area contributed by atoms with E-state index < -0.39 is 4.92 Å². The number of carbonyl (C=O) groups is 1. The van der Waals surface area contributed by atoms with Gasteiger partial charge in [0.05, 0.1) is 22.4 Å². The Bertz CT molecular complexity index is 1110.